The number of halogens is 1. The zero-order valence-corrected chi connectivity index (χ0v) is 13.9. The Morgan fingerprint density at radius 2 is 1.73 bits per heavy atom. The Morgan fingerprint density at radius 3 is 2.27 bits per heavy atom. The highest BCUT2D eigenvalue weighted by atomic mass is 19.1. The minimum absolute atomic E-state index is 0.226. The van der Waals surface area contributed by atoms with Gasteiger partial charge >= 0.3 is 7.12 Å². The van der Waals surface area contributed by atoms with Crippen LogP contribution in [0.2, 0.25) is 0 Å². The molecule has 2 heterocycles. The molecule has 0 unspecified atom stereocenters. The van der Waals surface area contributed by atoms with E-state index in [9.17, 15) is 4.39 Å². The molecule has 0 spiro atoms. The third kappa shape index (κ3) is 2.64. The van der Waals surface area contributed by atoms with Crippen LogP contribution in [0.4, 0.5) is 10.1 Å². The highest BCUT2D eigenvalue weighted by molar-refractivity contribution is 6.62. The Morgan fingerprint density at radius 1 is 1.14 bits per heavy atom. The average Bonchev–Trinajstić information content (AvgIpc) is 2.56. The fraction of sp³-hybridized carbons (Fsp3) is 0.625. The van der Waals surface area contributed by atoms with Crippen molar-refractivity contribution in [2.45, 2.75) is 45.0 Å². The first kappa shape index (κ1) is 15.8. The number of hydrogen-bond acceptors (Lipinski definition) is 4. The second-order valence-corrected chi connectivity index (χ2v) is 7.09. The second-order valence-electron chi connectivity index (χ2n) is 7.09. The molecule has 2 fully saturated rings. The van der Waals surface area contributed by atoms with E-state index in [1.807, 2.05) is 33.8 Å². The van der Waals surface area contributed by atoms with Crippen LogP contribution in [-0.4, -0.2) is 44.6 Å². The van der Waals surface area contributed by atoms with E-state index in [1.54, 1.807) is 13.2 Å². The van der Waals surface area contributed by atoms with E-state index in [1.165, 1.54) is 6.07 Å². The van der Waals surface area contributed by atoms with E-state index in [2.05, 4.69) is 4.90 Å². The molecule has 2 aliphatic rings. The third-order valence-electron chi connectivity index (χ3n) is 4.98. The Balaban J connectivity index is 1.82. The monoisotopic (exact) mass is 307 g/mol. The summed E-state index contributed by atoms with van der Waals surface area (Å²) in [5.74, 6) is -0.275. The van der Waals surface area contributed by atoms with Gasteiger partial charge in [-0.25, -0.2) is 4.39 Å². The van der Waals surface area contributed by atoms with Crippen LogP contribution in [0.1, 0.15) is 27.7 Å². The first-order valence-corrected chi connectivity index (χ1v) is 7.66. The predicted octanol–water partition coefficient (Wildman–Crippen LogP) is 1.96. The number of ether oxygens (including phenoxy) is 1. The van der Waals surface area contributed by atoms with Crippen molar-refractivity contribution in [3.05, 3.63) is 24.0 Å². The van der Waals surface area contributed by atoms with Crippen LogP contribution in [0.15, 0.2) is 18.2 Å². The number of anilines is 1. The lowest BCUT2D eigenvalue weighted by molar-refractivity contribution is 0.00578. The molecule has 2 saturated heterocycles. The van der Waals surface area contributed by atoms with Crippen LogP contribution in [0.3, 0.4) is 0 Å². The SMILES string of the molecule is COC1CN(c2cc(F)cc(B3OC(C)(C)C(C)(C)O3)c2)C1. The summed E-state index contributed by atoms with van der Waals surface area (Å²) in [5.41, 5.74) is 0.705. The van der Waals surface area contributed by atoms with Crippen molar-refractivity contribution < 1.29 is 18.4 Å². The molecule has 0 aliphatic carbocycles. The Bertz CT molecular complexity index is 557. The van der Waals surface area contributed by atoms with E-state index in [0.717, 1.165) is 24.2 Å². The van der Waals surface area contributed by atoms with Crippen LogP contribution in [-0.2, 0) is 14.0 Å². The van der Waals surface area contributed by atoms with Gasteiger partial charge in [0, 0.05) is 25.9 Å². The maximum absolute atomic E-state index is 14.0. The highest BCUT2D eigenvalue weighted by Crippen LogP contribution is 2.36. The topological polar surface area (TPSA) is 30.9 Å². The number of hydrogen-bond donors (Lipinski definition) is 0. The lowest BCUT2D eigenvalue weighted by atomic mass is 9.78. The maximum Gasteiger partial charge on any atom is 0.495 e. The van der Waals surface area contributed by atoms with Crippen molar-refractivity contribution in [1.82, 2.24) is 0 Å². The highest BCUT2D eigenvalue weighted by Gasteiger charge is 2.51. The molecular weight excluding hydrogens is 284 g/mol. The fourth-order valence-corrected chi connectivity index (χ4v) is 2.69. The molecule has 0 saturated carbocycles. The zero-order valence-electron chi connectivity index (χ0n) is 13.9. The van der Waals surface area contributed by atoms with Crippen LogP contribution < -0.4 is 10.4 Å². The molecule has 0 aromatic heterocycles. The summed E-state index contributed by atoms with van der Waals surface area (Å²) in [6, 6.07) is 4.97. The van der Waals surface area contributed by atoms with Crippen molar-refractivity contribution in [1.29, 1.82) is 0 Å². The average molecular weight is 307 g/mol. The molecule has 3 rings (SSSR count). The molecule has 0 N–H and O–H groups in total. The van der Waals surface area contributed by atoms with E-state index in [0.29, 0.717) is 0 Å². The van der Waals surface area contributed by atoms with Gasteiger partial charge in [0.1, 0.15) is 5.82 Å². The van der Waals surface area contributed by atoms with Crippen LogP contribution in [0, 0.1) is 5.82 Å². The molecule has 22 heavy (non-hydrogen) atoms. The molecular formula is C16H23BFNO3. The maximum atomic E-state index is 14.0. The van der Waals surface area contributed by atoms with Gasteiger partial charge in [-0.3, -0.25) is 0 Å². The van der Waals surface area contributed by atoms with Crippen LogP contribution in [0.5, 0.6) is 0 Å². The molecule has 0 atom stereocenters. The summed E-state index contributed by atoms with van der Waals surface area (Å²) in [6.07, 6.45) is 0.226. The number of benzene rings is 1. The first-order chi connectivity index (χ1) is 10.2. The van der Waals surface area contributed by atoms with Crippen molar-refractivity contribution in [3.8, 4) is 0 Å². The summed E-state index contributed by atoms with van der Waals surface area (Å²) in [6.45, 7) is 9.53. The van der Waals surface area contributed by atoms with Gasteiger partial charge in [-0.15, -0.1) is 0 Å². The van der Waals surface area contributed by atoms with E-state index in [-0.39, 0.29) is 11.9 Å². The zero-order chi connectivity index (χ0) is 16.1. The van der Waals surface area contributed by atoms with Gasteiger partial charge in [0.25, 0.3) is 0 Å². The predicted molar refractivity (Wildman–Crippen MR) is 85.1 cm³/mol. The normalized spacial score (nSPS) is 23.7. The van der Waals surface area contributed by atoms with Gasteiger partial charge in [0.2, 0.25) is 0 Å². The molecule has 0 bridgehead atoms. The smallest absolute Gasteiger partial charge is 0.399 e. The quantitative estimate of drug-likeness (QED) is 0.799. The Kier molecular flexibility index (Phi) is 3.74. The Hall–Kier alpha value is -1.11. The largest absolute Gasteiger partial charge is 0.495 e. The van der Waals surface area contributed by atoms with Crippen LogP contribution >= 0.6 is 0 Å². The summed E-state index contributed by atoms with van der Waals surface area (Å²) in [4.78, 5) is 2.09. The summed E-state index contributed by atoms with van der Waals surface area (Å²) < 4.78 is 31.3. The van der Waals surface area contributed by atoms with Gasteiger partial charge in [-0.05, 0) is 51.4 Å². The van der Waals surface area contributed by atoms with Gasteiger partial charge in [0.05, 0.1) is 17.3 Å². The molecule has 2 aliphatic heterocycles. The van der Waals surface area contributed by atoms with Crippen molar-refractivity contribution in [3.63, 3.8) is 0 Å². The fourth-order valence-electron chi connectivity index (χ4n) is 2.69. The Labute approximate surface area is 131 Å². The van der Waals surface area contributed by atoms with E-state index in [4.69, 9.17) is 14.0 Å². The summed E-state index contributed by atoms with van der Waals surface area (Å²) in [5, 5.41) is 0. The molecule has 120 valence electrons. The van der Waals surface area contributed by atoms with Crippen molar-refractivity contribution >= 4 is 18.3 Å². The molecule has 1 aromatic carbocycles. The molecule has 1 aromatic rings. The van der Waals surface area contributed by atoms with E-state index < -0.39 is 18.3 Å². The second kappa shape index (κ2) is 5.22. The number of rotatable bonds is 3. The van der Waals surface area contributed by atoms with Gasteiger partial charge in [0.15, 0.2) is 0 Å². The lowest BCUT2D eigenvalue weighted by Gasteiger charge is -2.40. The molecule has 0 radical (unpaired) electrons. The summed E-state index contributed by atoms with van der Waals surface area (Å²) in [7, 11) is 1.16. The lowest BCUT2D eigenvalue weighted by Crippen LogP contribution is -2.52. The number of nitrogens with zero attached hydrogens (tertiary/aromatic N) is 1. The molecule has 0 amide bonds. The minimum atomic E-state index is -0.543. The first-order valence-electron chi connectivity index (χ1n) is 7.66. The van der Waals surface area contributed by atoms with Crippen molar-refractivity contribution in [2.24, 2.45) is 0 Å². The van der Waals surface area contributed by atoms with Gasteiger partial charge in [-0.1, -0.05) is 0 Å². The third-order valence-corrected chi connectivity index (χ3v) is 4.98. The summed E-state index contributed by atoms with van der Waals surface area (Å²) >= 11 is 0. The van der Waals surface area contributed by atoms with E-state index >= 15 is 0 Å². The standard InChI is InChI=1S/C16H23BFNO3/c1-15(2)16(3,4)22-17(21-15)11-6-12(18)8-13(7-11)19-9-14(10-19)20-5/h6-8,14H,9-10H2,1-5H3. The minimum Gasteiger partial charge on any atom is -0.399 e. The van der Waals surface area contributed by atoms with Gasteiger partial charge < -0.3 is 18.9 Å². The van der Waals surface area contributed by atoms with Crippen molar-refractivity contribution in [2.75, 3.05) is 25.1 Å². The number of methoxy groups -OCH3 is 1. The van der Waals surface area contributed by atoms with Gasteiger partial charge in [-0.2, -0.15) is 0 Å². The molecule has 4 nitrogen and oxygen atoms in total. The molecule has 6 heteroatoms. The van der Waals surface area contributed by atoms with Crippen LogP contribution in [0.25, 0.3) is 0 Å².